The molecule has 2 atom stereocenters. The van der Waals surface area contributed by atoms with E-state index < -0.39 is 12.1 Å². The van der Waals surface area contributed by atoms with Gasteiger partial charge in [-0.2, -0.15) is 0 Å². The number of rotatable bonds is 7. The van der Waals surface area contributed by atoms with Gasteiger partial charge in [0.15, 0.2) is 0 Å². The summed E-state index contributed by atoms with van der Waals surface area (Å²) in [6.45, 7) is 4.19. The van der Waals surface area contributed by atoms with Gasteiger partial charge in [-0.15, -0.1) is 0 Å². The Labute approximate surface area is 120 Å². The molecule has 1 aromatic carbocycles. The predicted molar refractivity (Wildman–Crippen MR) is 78.2 cm³/mol. The van der Waals surface area contributed by atoms with E-state index in [1.54, 1.807) is 0 Å². The standard InChI is InChI=1S/C15H25NO4/c1-9(2)5-6-11(18)15(16)14-12(19-3)7-10(17)8-13(14)20-4/h7-9,11,15,17-18H,5-6,16H2,1-4H3/t11-,15-/m1/s1. The van der Waals surface area contributed by atoms with Crippen LogP contribution in [0.1, 0.15) is 38.3 Å². The molecule has 0 spiro atoms. The minimum atomic E-state index is -0.690. The van der Waals surface area contributed by atoms with Crippen molar-refractivity contribution in [3.8, 4) is 17.2 Å². The molecule has 5 nitrogen and oxygen atoms in total. The number of benzene rings is 1. The van der Waals surface area contributed by atoms with Crippen molar-refractivity contribution in [3.63, 3.8) is 0 Å². The number of methoxy groups -OCH3 is 2. The normalized spacial score (nSPS) is 14.2. The summed E-state index contributed by atoms with van der Waals surface area (Å²) in [5.74, 6) is 1.36. The lowest BCUT2D eigenvalue weighted by molar-refractivity contribution is 0.125. The van der Waals surface area contributed by atoms with Gasteiger partial charge in [-0.25, -0.2) is 0 Å². The van der Waals surface area contributed by atoms with E-state index in [1.165, 1.54) is 26.4 Å². The molecule has 0 fully saturated rings. The third-order valence-corrected chi connectivity index (χ3v) is 3.32. The number of nitrogens with two attached hydrogens (primary N) is 1. The van der Waals surface area contributed by atoms with Crippen LogP contribution >= 0.6 is 0 Å². The van der Waals surface area contributed by atoms with E-state index in [0.29, 0.717) is 29.4 Å². The van der Waals surface area contributed by atoms with E-state index in [0.717, 1.165) is 6.42 Å². The van der Waals surface area contributed by atoms with Crippen molar-refractivity contribution in [3.05, 3.63) is 17.7 Å². The fourth-order valence-corrected chi connectivity index (χ4v) is 2.13. The third-order valence-electron chi connectivity index (χ3n) is 3.32. The van der Waals surface area contributed by atoms with E-state index >= 15 is 0 Å². The SMILES string of the molecule is COc1cc(O)cc(OC)c1[C@H](N)[C@H](O)CCC(C)C. The van der Waals surface area contributed by atoms with Crippen molar-refractivity contribution in [2.45, 2.75) is 38.8 Å². The number of ether oxygens (including phenoxy) is 2. The molecule has 0 aromatic heterocycles. The Hall–Kier alpha value is -1.46. The maximum Gasteiger partial charge on any atom is 0.131 e. The molecular formula is C15H25NO4. The molecule has 0 aliphatic carbocycles. The Bertz CT molecular complexity index is 409. The number of aliphatic hydroxyl groups is 1. The first-order valence-corrected chi connectivity index (χ1v) is 6.79. The molecule has 20 heavy (non-hydrogen) atoms. The van der Waals surface area contributed by atoms with Crippen LogP contribution in [-0.4, -0.2) is 30.5 Å². The van der Waals surface area contributed by atoms with Crippen molar-refractivity contribution in [2.24, 2.45) is 11.7 Å². The minimum Gasteiger partial charge on any atom is -0.508 e. The fraction of sp³-hybridized carbons (Fsp3) is 0.600. The summed E-state index contributed by atoms with van der Waals surface area (Å²) in [7, 11) is 2.98. The molecule has 0 heterocycles. The van der Waals surface area contributed by atoms with E-state index in [1.807, 2.05) is 0 Å². The number of phenolic OH excluding ortho intramolecular Hbond substituents is 1. The molecule has 0 bridgehead atoms. The zero-order valence-corrected chi connectivity index (χ0v) is 12.6. The lowest BCUT2D eigenvalue weighted by Gasteiger charge is -2.24. The summed E-state index contributed by atoms with van der Waals surface area (Å²) >= 11 is 0. The quantitative estimate of drug-likeness (QED) is 0.714. The highest BCUT2D eigenvalue weighted by Gasteiger charge is 2.25. The summed E-state index contributed by atoms with van der Waals surface area (Å²) in [5.41, 5.74) is 6.71. The first kappa shape index (κ1) is 16.6. The maximum absolute atomic E-state index is 10.2. The van der Waals surface area contributed by atoms with Crippen LogP contribution in [0.4, 0.5) is 0 Å². The van der Waals surface area contributed by atoms with E-state index in [9.17, 15) is 10.2 Å². The predicted octanol–water partition coefficient (Wildman–Crippen LogP) is 2.21. The first-order valence-electron chi connectivity index (χ1n) is 6.79. The van der Waals surface area contributed by atoms with Crippen LogP contribution in [0.5, 0.6) is 17.2 Å². The lowest BCUT2D eigenvalue weighted by atomic mass is 9.94. The Morgan fingerprint density at radius 3 is 2.00 bits per heavy atom. The number of hydrogen-bond acceptors (Lipinski definition) is 5. The van der Waals surface area contributed by atoms with Crippen LogP contribution in [0.3, 0.4) is 0 Å². The molecule has 0 aliphatic heterocycles. The molecule has 0 saturated carbocycles. The van der Waals surface area contributed by atoms with Gasteiger partial charge in [0.25, 0.3) is 0 Å². The Balaban J connectivity index is 3.04. The number of hydrogen-bond donors (Lipinski definition) is 3. The van der Waals surface area contributed by atoms with Gasteiger partial charge in [0, 0.05) is 12.1 Å². The van der Waals surface area contributed by atoms with Crippen molar-refractivity contribution in [1.82, 2.24) is 0 Å². The van der Waals surface area contributed by atoms with Gasteiger partial charge in [-0.05, 0) is 18.8 Å². The van der Waals surface area contributed by atoms with Gasteiger partial charge in [-0.1, -0.05) is 13.8 Å². The van der Waals surface area contributed by atoms with Crippen molar-refractivity contribution in [2.75, 3.05) is 14.2 Å². The smallest absolute Gasteiger partial charge is 0.131 e. The van der Waals surface area contributed by atoms with Crippen LogP contribution in [0, 0.1) is 5.92 Å². The molecule has 0 unspecified atom stereocenters. The molecule has 114 valence electrons. The first-order chi connectivity index (χ1) is 9.40. The minimum absolute atomic E-state index is 0.0336. The number of aromatic hydroxyl groups is 1. The summed E-state index contributed by atoms with van der Waals surface area (Å²) in [4.78, 5) is 0. The highest BCUT2D eigenvalue weighted by Crippen LogP contribution is 2.38. The van der Waals surface area contributed by atoms with E-state index in [4.69, 9.17) is 15.2 Å². The number of aliphatic hydroxyl groups excluding tert-OH is 1. The van der Waals surface area contributed by atoms with Crippen LogP contribution in [0.2, 0.25) is 0 Å². The summed E-state index contributed by atoms with van der Waals surface area (Å²) in [6.07, 6.45) is 0.800. The van der Waals surface area contributed by atoms with Crippen LogP contribution in [0.15, 0.2) is 12.1 Å². The molecule has 1 aromatic rings. The maximum atomic E-state index is 10.2. The van der Waals surface area contributed by atoms with Crippen molar-refractivity contribution < 1.29 is 19.7 Å². The van der Waals surface area contributed by atoms with Gasteiger partial charge in [-0.3, -0.25) is 0 Å². The molecule has 1 rings (SSSR count). The second kappa shape index (κ2) is 7.36. The van der Waals surface area contributed by atoms with Crippen LogP contribution in [0.25, 0.3) is 0 Å². The zero-order chi connectivity index (χ0) is 15.3. The second-order valence-electron chi connectivity index (χ2n) is 5.33. The Kier molecular flexibility index (Phi) is 6.10. The molecule has 0 amide bonds. The zero-order valence-electron chi connectivity index (χ0n) is 12.6. The van der Waals surface area contributed by atoms with Gasteiger partial charge < -0.3 is 25.4 Å². The Morgan fingerprint density at radius 2 is 1.60 bits per heavy atom. The lowest BCUT2D eigenvalue weighted by Crippen LogP contribution is -2.27. The van der Waals surface area contributed by atoms with Gasteiger partial charge in [0.1, 0.15) is 17.2 Å². The van der Waals surface area contributed by atoms with Crippen molar-refractivity contribution in [1.29, 1.82) is 0 Å². The van der Waals surface area contributed by atoms with Crippen LogP contribution < -0.4 is 15.2 Å². The Morgan fingerprint density at radius 1 is 1.10 bits per heavy atom. The molecular weight excluding hydrogens is 258 g/mol. The van der Waals surface area contributed by atoms with Gasteiger partial charge in [0.2, 0.25) is 0 Å². The third kappa shape index (κ3) is 4.02. The van der Waals surface area contributed by atoms with Gasteiger partial charge >= 0.3 is 0 Å². The van der Waals surface area contributed by atoms with E-state index in [2.05, 4.69) is 13.8 Å². The average Bonchev–Trinajstić information content (AvgIpc) is 2.42. The van der Waals surface area contributed by atoms with Crippen molar-refractivity contribution >= 4 is 0 Å². The van der Waals surface area contributed by atoms with E-state index in [-0.39, 0.29) is 5.75 Å². The second-order valence-corrected chi connectivity index (χ2v) is 5.33. The molecule has 5 heteroatoms. The van der Waals surface area contributed by atoms with Crippen LogP contribution in [-0.2, 0) is 0 Å². The van der Waals surface area contributed by atoms with Gasteiger partial charge in [0.05, 0.1) is 31.9 Å². The largest absolute Gasteiger partial charge is 0.508 e. The highest BCUT2D eigenvalue weighted by atomic mass is 16.5. The average molecular weight is 283 g/mol. The molecule has 4 N–H and O–H groups in total. The molecule has 0 aliphatic rings. The monoisotopic (exact) mass is 283 g/mol. The fourth-order valence-electron chi connectivity index (χ4n) is 2.13. The number of phenols is 1. The highest BCUT2D eigenvalue weighted by molar-refractivity contribution is 5.52. The summed E-state index contributed by atoms with van der Waals surface area (Å²) in [6, 6.07) is 2.30. The molecule has 0 radical (unpaired) electrons. The molecule has 0 saturated heterocycles. The summed E-state index contributed by atoms with van der Waals surface area (Å²) < 4.78 is 10.5. The summed E-state index contributed by atoms with van der Waals surface area (Å²) in [5, 5.41) is 19.8. The topological polar surface area (TPSA) is 84.9 Å².